The van der Waals surface area contributed by atoms with Crippen LogP contribution < -0.4 is 43.7 Å². The maximum absolute atomic E-state index is 13.3. The third-order valence-corrected chi connectivity index (χ3v) is 19.0. The van der Waals surface area contributed by atoms with Gasteiger partial charge in [-0.3, -0.25) is 29.1 Å². The quantitative estimate of drug-likeness (QED) is 0.00673. The molecule has 466 valence electrons. The molecule has 6 rings (SSSR count). The van der Waals surface area contributed by atoms with E-state index in [4.69, 9.17) is 80.5 Å². The number of carbonyl (C=O) groups excluding carboxylic acids is 2. The summed E-state index contributed by atoms with van der Waals surface area (Å²) in [7, 11) is -20.7. The number of fused-ring (bicyclic) bond motifs is 2. The van der Waals surface area contributed by atoms with Crippen molar-refractivity contribution in [2.45, 2.75) is 58.0 Å². The highest BCUT2D eigenvalue weighted by atomic mass is 33.1. The molecule has 3 amide bonds. The fourth-order valence-corrected chi connectivity index (χ4v) is 12.7. The second kappa shape index (κ2) is 34.9. The number of benzene rings is 3. The maximum Gasteiger partial charge on any atom is 0.490 e. The Morgan fingerprint density at radius 3 is 2.32 bits per heavy atom. The Labute approximate surface area is 501 Å². The van der Waals surface area contributed by atoms with E-state index in [1.54, 1.807) is 33.7 Å². The third-order valence-electron chi connectivity index (χ3n) is 11.0. The number of urea groups is 1. The maximum atomic E-state index is 13.3. The summed E-state index contributed by atoms with van der Waals surface area (Å²) >= 11 is 5.31. The largest absolute Gasteiger partial charge is 0.490 e. The molecule has 0 bridgehead atoms. The van der Waals surface area contributed by atoms with Crippen molar-refractivity contribution in [3.63, 3.8) is 0 Å². The average molecular weight is 1370 g/mol. The molecule has 0 saturated carbocycles. The van der Waals surface area contributed by atoms with Crippen LogP contribution in [0.1, 0.15) is 60.3 Å². The van der Waals surface area contributed by atoms with Gasteiger partial charge in [-0.2, -0.15) is 8.62 Å². The van der Waals surface area contributed by atoms with Crippen LogP contribution in [0.2, 0.25) is 0 Å². The predicted octanol–water partition coefficient (Wildman–Crippen LogP) is 1.28. The molecule has 1 saturated heterocycles. The number of aromatic amines is 1. The minimum atomic E-state index is -5.79. The molecule has 4 unspecified atom stereocenters. The summed E-state index contributed by atoms with van der Waals surface area (Å²) in [6, 6.07) is 16.2. The van der Waals surface area contributed by atoms with Crippen LogP contribution in [0.15, 0.2) is 74.8 Å². The minimum absolute atomic E-state index is 0.0385. The number of nitrogens with two attached hydrogens (primary N) is 2. The fourth-order valence-electron chi connectivity index (χ4n) is 7.48. The molecule has 0 spiro atoms. The van der Waals surface area contributed by atoms with Crippen LogP contribution >= 0.6 is 45.1 Å². The molecule has 85 heavy (non-hydrogen) atoms. The van der Waals surface area contributed by atoms with Gasteiger partial charge in [-0.15, -0.1) is 25.3 Å². The molecular formula is C45H57N7O24P3S6+. The average Bonchev–Trinajstić information content (AvgIpc) is 1.35. The molecule has 3 heterocycles. The fraction of sp³-hybridized carbons (Fsp3) is 0.400. The Hall–Kier alpha value is -5.29. The van der Waals surface area contributed by atoms with Crippen LogP contribution in [0.25, 0.3) is 33.4 Å². The molecule has 1 fully saturated rings. The zero-order valence-electron chi connectivity index (χ0n) is 44.5. The Morgan fingerprint density at radius 2 is 1.62 bits per heavy atom. The van der Waals surface area contributed by atoms with Crippen molar-refractivity contribution in [1.82, 2.24) is 25.5 Å². The summed E-state index contributed by atoms with van der Waals surface area (Å²) < 4.78 is 123. The van der Waals surface area contributed by atoms with Crippen molar-refractivity contribution in [2.75, 3.05) is 62.0 Å². The number of ether oxygens (including phenoxy) is 3. The van der Waals surface area contributed by atoms with Crippen molar-refractivity contribution < 1.29 is 105 Å². The first-order valence-electron chi connectivity index (χ1n) is 24.3. The molecule has 2 aliphatic heterocycles. The second-order valence-electron chi connectivity index (χ2n) is 17.1. The van der Waals surface area contributed by atoms with E-state index in [0.717, 1.165) is 51.2 Å². The number of rotatable bonds is 27. The molecule has 40 heteroatoms. The third kappa shape index (κ3) is 25.9. The molecular weight excluding hydrogens is 1310 g/mol. The Balaban J connectivity index is 0.00000182. The standard InChI is InChI=1S/C45H56N7O18P3S4.2O3S/c1-3-77(74)27-65-38-23-40(68-39(38)25-66-72(60,61)70-73(62,63)69-71(57,58)59)52-24-30(43(54)51-45(52)56)8-7-16-50-44(55)49-15-5-4-6-18-64-26-76-75-19-17-48-42(53)29-10-9-28(2)35(20-29)41-33-13-11-31(46)21-36(33)67-37-22-32(47)12-14-34(37)41;2*1-4(2)3/h9-14,20-22,24,38-40,46H,3-6,15-19,23,25-27,47H2,1-2H3,(H,48,53)(H,60,61)(H,62,63)(H2,49,50,55)(H,51,54,56)(H2,57,58,59);;/p+1/t38?,39-,40-,77?;;/m1../s1. The van der Waals surface area contributed by atoms with Gasteiger partial charge in [0.2, 0.25) is 0 Å². The number of nitrogens with one attached hydrogen (secondary N) is 4. The smallest absolute Gasteiger partial charge is 0.456 e. The number of hydrogen-bond donors (Lipinski definition) is 10. The van der Waals surface area contributed by atoms with Crippen molar-refractivity contribution in [2.24, 2.45) is 0 Å². The lowest BCUT2D eigenvalue weighted by Gasteiger charge is -2.21. The van der Waals surface area contributed by atoms with Gasteiger partial charge < -0.3 is 59.9 Å². The second-order valence-corrected chi connectivity index (χ2v) is 28.0. The number of phosphoric ester groups is 1. The van der Waals surface area contributed by atoms with Crippen molar-refractivity contribution in [3.8, 4) is 34.3 Å². The molecule has 12 N–H and O–H groups in total. The van der Waals surface area contributed by atoms with Crippen LogP contribution in [0, 0.1) is 18.8 Å². The van der Waals surface area contributed by atoms with Gasteiger partial charge in [-0.1, -0.05) is 55.9 Å². The highest BCUT2D eigenvalue weighted by molar-refractivity contribution is 8.76. The zero-order valence-corrected chi connectivity index (χ0v) is 52.1. The molecule has 0 radical (unpaired) electrons. The van der Waals surface area contributed by atoms with Crippen molar-refractivity contribution in [3.05, 3.63) is 104 Å². The summed E-state index contributed by atoms with van der Waals surface area (Å²) in [5.41, 5.74) is 9.53. The number of aryl methyl sites for hydroxylation is 1. The van der Waals surface area contributed by atoms with Gasteiger partial charge in [-0.25, -0.2) is 23.3 Å². The normalized spacial score (nSPS) is 16.4. The minimum Gasteiger partial charge on any atom is -0.456 e. The van der Waals surface area contributed by atoms with Crippen LogP contribution in [-0.2, 0) is 82.9 Å². The lowest BCUT2D eigenvalue weighted by atomic mass is 9.90. The SMILES string of the molecule is CCS(=S)COC1C[C@H](n2cc(C#CCNC(=O)NCCCCCOCSSCCNC(=O)c3ccc(C)c(-c4c5ccc(=[NH2+])cc-5oc5cc(N)ccc45)c3)c(=O)[nH]c2=O)O[C@@H]1COP(=O)(O)OP(=O)(O)OP(=O)(O)O.O=S(=O)=O.O=S(=O)=O. The zero-order chi connectivity index (χ0) is 63.1. The van der Waals surface area contributed by atoms with Gasteiger partial charge in [0.1, 0.15) is 35.2 Å². The number of H-pyrrole nitrogens is 1. The van der Waals surface area contributed by atoms with Gasteiger partial charge in [0.05, 0.1) is 31.3 Å². The number of hydrogen-bond acceptors (Lipinski definition) is 24. The van der Waals surface area contributed by atoms with Crippen LogP contribution in [0.3, 0.4) is 0 Å². The number of phosphoric acid groups is 3. The highest BCUT2D eigenvalue weighted by Gasteiger charge is 2.44. The number of carbonyl (C=O) groups is 2. The molecule has 1 aromatic heterocycles. The topological polar surface area (TPSA) is 480 Å². The summed E-state index contributed by atoms with van der Waals surface area (Å²) in [5, 5.41) is 15.8. The lowest BCUT2D eigenvalue weighted by molar-refractivity contribution is -0.172. The van der Waals surface area contributed by atoms with E-state index in [9.17, 15) is 42.7 Å². The first-order valence-corrected chi connectivity index (χ1v) is 35.8. The van der Waals surface area contributed by atoms with Crippen LogP contribution in [-0.4, -0.2) is 135 Å². The molecule has 2 aromatic carbocycles. The summed E-state index contributed by atoms with van der Waals surface area (Å²) in [6.07, 6.45) is -0.110. The number of amides is 3. The Bertz CT molecular complexity index is 3760. The molecule has 6 atom stereocenters. The van der Waals surface area contributed by atoms with Gasteiger partial charge in [0.15, 0.2) is 5.36 Å². The van der Waals surface area contributed by atoms with Gasteiger partial charge >= 0.3 is 56.4 Å². The van der Waals surface area contributed by atoms with Gasteiger partial charge in [0.25, 0.3) is 11.5 Å². The van der Waals surface area contributed by atoms with E-state index < -0.39 is 96.5 Å². The van der Waals surface area contributed by atoms with Crippen molar-refractivity contribution in [1.29, 1.82) is 0 Å². The van der Waals surface area contributed by atoms with Gasteiger partial charge in [0, 0.05) is 78.0 Å². The molecule has 3 aliphatic rings. The summed E-state index contributed by atoms with van der Waals surface area (Å²) in [6.45, 7) is 4.16. The van der Waals surface area contributed by atoms with E-state index in [2.05, 4.69) is 41.4 Å². The summed E-state index contributed by atoms with van der Waals surface area (Å²) in [5.74, 6) is 7.39. The number of unbranched alkanes of at least 4 members (excludes halogenated alkanes) is 2. The molecule has 31 nitrogen and oxygen atoms in total. The lowest BCUT2D eigenvalue weighted by Crippen LogP contribution is -2.44. The highest BCUT2D eigenvalue weighted by Crippen LogP contribution is 2.66. The number of nitrogens with zero attached hydrogens (tertiary/aromatic N) is 1. The number of nitrogen functional groups attached to an aromatic ring is 1. The van der Waals surface area contributed by atoms with E-state index in [1.165, 1.54) is 0 Å². The number of anilines is 1. The van der Waals surface area contributed by atoms with E-state index in [1.807, 2.05) is 56.3 Å². The van der Waals surface area contributed by atoms with E-state index in [0.29, 0.717) is 71.5 Å². The Morgan fingerprint density at radius 1 is 0.906 bits per heavy atom. The van der Waals surface area contributed by atoms with Crippen molar-refractivity contribution >= 4 is 116 Å². The molecule has 1 aliphatic carbocycles. The van der Waals surface area contributed by atoms with Crippen LogP contribution in [0.5, 0.6) is 0 Å². The molecule has 3 aromatic rings. The predicted molar refractivity (Wildman–Crippen MR) is 312 cm³/mol. The first kappa shape index (κ1) is 72.2. The monoisotopic (exact) mass is 1360 g/mol. The van der Waals surface area contributed by atoms with Crippen LogP contribution in [0.4, 0.5) is 10.5 Å². The summed E-state index contributed by atoms with van der Waals surface area (Å²) in [4.78, 5) is 90.2. The van der Waals surface area contributed by atoms with E-state index >= 15 is 0 Å². The van der Waals surface area contributed by atoms with E-state index in [-0.39, 0.29) is 30.4 Å². The number of aromatic nitrogens is 2. The Kier molecular flexibility index (Phi) is 29.6. The van der Waals surface area contributed by atoms with Gasteiger partial charge in [-0.05, 0) is 84.6 Å². The first-order chi connectivity index (χ1) is 40.0.